The highest BCUT2D eigenvalue weighted by molar-refractivity contribution is 5.52. The zero-order chi connectivity index (χ0) is 16.7. The molecule has 0 aliphatic carbocycles. The fourth-order valence-electron chi connectivity index (χ4n) is 2.05. The molecule has 0 bridgehead atoms. The predicted octanol–water partition coefficient (Wildman–Crippen LogP) is 5.25. The fraction of sp³-hybridized carbons (Fsp3) is 0.294. The molecule has 0 atom stereocenters. The van der Waals surface area contributed by atoms with Crippen LogP contribution in [-0.2, 0) is 0 Å². The average Bonchev–Trinajstić information content (AvgIpc) is 2.58. The number of rotatable bonds is 7. The van der Waals surface area contributed by atoms with Crippen LogP contribution in [0.2, 0.25) is 0 Å². The highest BCUT2D eigenvalue weighted by Gasteiger charge is 2.03. The van der Waals surface area contributed by atoms with Crippen molar-refractivity contribution in [2.24, 2.45) is 10.2 Å². The Hall–Kier alpha value is -2.76. The second-order valence-corrected chi connectivity index (χ2v) is 5.27. The first-order valence-electron chi connectivity index (χ1n) is 7.57. The summed E-state index contributed by atoms with van der Waals surface area (Å²) >= 11 is 0. The largest absolute Gasteiger partial charge is 0.375 e. The highest BCUT2D eigenvalue weighted by Crippen LogP contribution is 2.23. The lowest BCUT2D eigenvalue weighted by molar-refractivity contribution is -0.384. The summed E-state index contributed by atoms with van der Waals surface area (Å²) in [6.07, 6.45) is 2.34. The van der Waals surface area contributed by atoms with Crippen molar-refractivity contribution in [3.05, 3.63) is 58.6 Å². The van der Waals surface area contributed by atoms with E-state index in [9.17, 15) is 10.1 Å². The van der Waals surface area contributed by atoms with Gasteiger partial charge in [-0.3, -0.25) is 10.1 Å². The minimum absolute atomic E-state index is 0.0448. The summed E-state index contributed by atoms with van der Waals surface area (Å²) in [5, 5.41) is 18.8. The summed E-state index contributed by atoms with van der Waals surface area (Å²) in [7, 11) is 2.07. The first-order valence-corrected chi connectivity index (χ1v) is 7.57. The molecule has 0 unspecified atom stereocenters. The number of hydrogen-bond donors (Lipinski definition) is 0. The van der Waals surface area contributed by atoms with E-state index in [-0.39, 0.29) is 5.69 Å². The maximum Gasteiger partial charge on any atom is 0.269 e. The zero-order valence-corrected chi connectivity index (χ0v) is 13.3. The van der Waals surface area contributed by atoms with Gasteiger partial charge in [-0.15, -0.1) is 0 Å². The molecule has 2 rings (SSSR count). The van der Waals surface area contributed by atoms with Crippen LogP contribution in [0.15, 0.2) is 58.8 Å². The van der Waals surface area contributed by atoms with Gasteiger partial charge in [0, 0.05) is 31.4 Å². The number of anilines is 1. The van der Waals surface area contributed by atoms with Gasteiger partial charge in [-0.2, -0.15) is 10.2 Å². The molecule has 0 aliphatic rings. The summed E-state index contributed by atoms with van der Waals surface area (Å²) in [5.74, 6) is 0. The molecular formula is C17H20N4O2. The van der Waals surface area contributed by atoms with Crippen molar-refractivity contribution < 1.29 is 4.92 Å². The first kappa shape index (κ1) is 16.6. The molecule has 2 aromatic carbocycles. The van der Waals surface area contributed by atoms with E-state index in [1.165, 1.54) is 18.6 Å². The van der Waals surface area contributed by atoms with E-state index < -0.39 is 4.92 Å². The number of non-ortho nitro benzene ring substituents is 1. The number of unbranched alkanes of at least 4 members (excludes halogenated alkanes) is 1. The molecule has 0 aliphatic heterocycles. The van der Waals surface area contributed by atoms with Crippen LogP contribution in [0.5, 0.6) is 0 Å². The zero-order valence-electron chi connectivity index (χ0n) is 13.3. The topological polar surface area (TPSA) is 71.1 Å². The van der Waals surface area contributed by atoms with Crippen molar-refractivity contribution in [3.8, 4) is 0 Å². The van der Waals surface area contributed by atoms with Crippen molar-refractivity contribution in [2.45, 2.75) is 19.8 Å². The van der Waals surface area contributed by atoms with Crippen LogP contribution >= 0.6 is 0 Å². The minimum atomic E-state index is -0.436. The molecule has 0 heterocycles. The molecule has 0 radical (unpaired) electrons. The molecule has 0 N–H and O–H groups in total. The Bertz CT molecular complexity index is 666. The summed E-state index contributed by atoms with van der Waals surface area (Å²) in [5.41, 5.74) is 2.52. The molecule has 6 heteroatoms. The quantitative estimate of drug-likeness (QED) is 0.398. The third kappa shape index (κ3) is 4.88. The van der Waals surface area contributed by atoms with Crippen LogP contribution in [0.4, 0.5) is 22.7 Å². The van der Waals surface area contributed by atoms with Crippen molar-refractivity contribution in [3.63, 3.8) is 0 Å². The molecule has 2 aromatic rings. The minimum Gasteiger partial charge on any atom is -0.375 e. The number of nitrogens with zero attached hydrogens (tertiary/aromatic N) is 4. The SMILES string of the molecule is CCCCN(C)c1ccc(N=Nc2ccc([N+](=O)[O-])cc2)cc1. The Morgan fingerprint density at radius 3 is 2.00 bits per heavy atom. The molecule has 0 amide bonds. The summed E-state index contributed by atoms with van der Waals surface area (Å²) in [4.78, 5) is 12.4. The lowest BCUT2D eigenvalue weighted by Crippen LogP contribution is -2.17. The van der Waals surface area contributed by atoms with Crippen molar-refractivity contribution in [1.82, 2.24) is 0 Å². The lowest BCUT2D eigenvalue weighted by atomic mass is 10.2. The number of nitro groups is 1. The van der Waals surface area contributed by atoms with Gasteiger partial charge in [0.05, 0.1) is 16.3 Å². The van der Waals surface area contributed by atoms with E-state index in [2.05, 4.69) is 29.1 Å². The monoisotopic (exact) mass is 312 g/mol. The first-order chi connectivity index (χ1) is 11.1. The van der Waals surface area contributed by atoms with Crippen LogP contribution in [-0.4, -0.2) is 18.5 Å². The Labute approximate surface area is 135 Å². The maximum atomic E-state index is 10.6. The molecule has 6 nitrogen and oxygen atoms in total. The second-order valence-electron chi connectivity index (χ2n) is 5.27. The van der Waals surface area contributed by atoms with Crippen LogP contribution in [0.3, 0.4) is 0 Å². The van der Waals surface area contributed by atoms with Crippen molar-refractivity contribution in [1.29, 1.82) is 0 Å². The van der Waals surface area contributed by atoms with Gasteiger partial charge in [-0.1, -0.05) is 13.3 Å². The number of benzene rings is 2. The van der Waals surface area contributed by atoms with E-state index >= 15 is 0 Å². The molecule has 0 fully saturated rings. The van der Waals surface area contributed by atoms with Gasteiger partial charge in [0.1, 0.15) is 0 Å². The lowest BCUT2D eigenvalue weighted by Gasteiger charge is -2.18. The number of azo groups is 1. The van der Waals surface area contributed by atoms with E-state index in [0.29, 0.717) is 5.69 Å². The number of hydrogen-bond acceptors (Lipinski definition) is 5. The molecule has 0 aromatic heterocycles. The van der Waals surface area contributed by atoms with Gasteiger partial charge in [0.15, 0.2) is 0 Å². The van der Waals surface area contributed by atoms with Crippen molar-refractivity contribution >= 4 is 22.7 Å². The normalized spacial score (nSPS) is 10.9. The molecule has 0 saturated heterocycles. The summed E-state index contributed by atoms with van der Waals surface area (Å²) in [6, 6.07) is 13.8. The third-order valence-electron chi connectivity index (χ3n) is 3.48. The van der Waals surface area contributed by atoms with Crippen LogP contribution in [0.25, 0.3) is 0 Å². The van der Waals surface area contributed by atoms with Crippen LogP contribution < -0.4 is 4.90 Å². The Morgan fingerprint density at radius 1 is 1.00 bits per heavy atom. The highest BCUT2D eigenvalue weighted by atomic mass is 16.6. The average molecular weight is 312 g/mol. The summed E-state index contributed by atoms with van der Waals surface area (Å²) in [6.45, 7) is 3.20. The van der Waals surface area contributed by atoms with Crippen LogP contribution in [0.1, 0.15) is 19.8 Å². The second kappa shape index (κ2) is 8.03. The molecular weight excluding hydrogens is 292 g/mol. The maximum absolute atomic E-state index is 10.6. The van der Waals surface area contributed by atoms with Crippen molar-refractivity contribution in [2.75, 3.05) is 18.5 Å². The molecule has 23 heavy (non-hydrogen) atoms. The molecule has 120 valence electrons. The third-order valence-corrected chi connectivity index (χ3v) is 3.48. The smallest absolute Gasteiger partial charge is 0.269 e. The van der Waals surface area contributed by atoms with E-state index in [4.69, 9.17) is 0 Å². The van der Waals surface area contributed by atoms with Gasteiger partial charge in [0.25, 0.3) is 5.69 Å². The summed E-state index contributed by atoms with van der Waals surface area (Å²) < 4.78 is 0. The van der Waals surface area contributed by atoms with Crippen LogP contribution in [0, 0.1) is 10.1 Å². The van der Waals surface area contributed by atoms with Gasteiger partial charge < -0.3 is 4.90 Å². The predicted molar refractivity (Wildman–Crippen MR) is 91.9 cm³/mol. The van der Waals surface area contributed by atoms with Gasteiger partial charge in [-0.25, -0.2) is 0 Å². The Kier molecular flexibility index (Phi) is 5.80. The standard InChI is InChI=1S/C17H20N4O2/c1-3-4-13-20(2)16-9-5-14(6-10-16)18-19-15-7-11-17(12-8-15)21(22)23/h5-12H,3-4,13H2,1-2H3. The Morgan fingerprint density at radius 2 is 1.52 bits per heavy atom. The van der Waals surface area contributed by atoms with E-state index in [1.807, 2.05) is 24.3 Å². The number of nitro benzene ring substituents is 1. The molecule has 0 spiro atoms. The van der Waals surface area contributed by atoms with E-state index in [1.54, 1.807) is 12.1 Å². The van der Waals surface area contributed by atoms with Gasteiger partial charge in [-0.05, 0) is 42.8 Å². The van der Waals surface area contributed by atoms with Gasteiger partial charge >= 0.3 is 0 Å². The fourth-order valence-corrected chi connectivity index (χ4v) is 2.05. The Balaban J connectivity index is 2.01. The van der Waals surface area contributed by atoms with E-state index in [0.717, 1.165) is 24.3 Å². The molecule has 0 saturated carbocycles. The van der Waals surface area contributed by atoms with Gasteiger partial charge in [0.2, 0.25) is 0 Å².